The number of nitrogens with two attached hydrogens (primary N) is 1. The molecule has 1 fully saturated rings. The van der Waals surface area contributed by atoms with Gasteiger partial charge in [0.1, 0.15) is 0 Å². The lowest BCUT2D eigenvalue weighted by atomic mass is 9.98. The maximum Gasteiger partial charge on any atom is 0.248 e. The van der Waals surface area contributed by atoms with Gasteiger partial charge in [0, 0.05) is 29.4 Å². The van der Waals surface area contributed by atoms with Crippen LogP contribution in [0.5, 0.6) is 0 Å². The van der Waals surface area contributed by atoms with E-state index in [2.05, 4.69) is 60.8 Å². The number of benzene rings is 2. The zero-order valence-electron chi connectivity index (χ0n) is 19.3. The molecule has 33 heavy (non-hydrogen) atoms. The van der Waals surface area contributed by atoms with E-state index in [1.807, 2.05) is 24.5 Å². The summed E-state index contributed by atoms with van der Waals surface area (Å²) in [4.78, 5) is 21.6. The predicted molar refractivity (Wildman–Crippen MR) is 132 cm³/mol. The highest BCUT2D eigenvalue weighted by Gasteiger charge is 2.28. The van der Waals surface area contributed by atoms with E-state index in [-0.39, 0.29) is 5.91 Å². The Morgan fingerprint density at radius 1 is 1.15 bits per heavy atom. The van der Waals surface area contributed by atoms with Gasteiger partial charge in [-0.05, 0) is 49.3 Å². The molecule has 4 aromatic rings. The lowest BCUT2D eigenvalue weighted by Gasteiger charge is -2.13. The lowest BCUT2D eigenvalue weighted by molar-refractivity contribution is 0.0999. The average molecular weight is 440 g/mol. The molecular formula is C27H29N5O. The van der Waals surface area contributed by atoms with E-state index in [0.717, 1.165) is 58.9 Å². The summed E-state index contributed by atoms with van der Waals surface area (Å²) in [7, 11) is 0. The topological polar surface area (TPSA) is 85.3 Å². The maximum absolute atomic E-state index is 11.9. The van der Waals surface area contributed by atoms with Crippen LogP contribution in [-0.4, -0.2) is 26.8 Å². The minimum atomic E-state index is -0.368. The highest BCUT2D eigenvalue weighted by atomic mass is 16.1. The van der Waals surface area contributed by atoms with Crippen molar-refractivity contribution in [3.8, 4) is 22.5 Å². The molecule has 5 rings (SSSR count). The number of rotatable bonds is 7. The monoisotopic (exact) mass is 439 g/mol. The number of carbonyl (C=O) groups is 1. The van der Waals surface area contributed by atoms with Crippen LogP contribution < -0.4 is 11.1 Å². The van der Waals surface area contributed by atoms with Crippen LogP contribution in [0.15, 0.2) is 54.9 Å². The van der Waals surface area contributed by atoms with Crippen molar-refractivity contribution < 1.29 is 4.79 Å². The number of amides is 1. The summed E-state index contributed by atoms with van der Waals surface area (Å²) in [6.07, 6.45) is 6.12. The fourth-order valence-corrected chi connectivity index (χ4v) is 4.16. The van der Waals surface area contributed by atoms with Gasteiger partial charge >= 0.3 is 0 Å². The van der Waals surface area contributed by atoms with E-state index in [1.54, 1.807) is 0 Å². The number of nitrogens with zero attached hydrogens (tertiary/aromatic N) is 3. The van der Waals surface area contributed by atoms with Crippen LogP contribution in [0.4, 0.5) is 5.82 Å². The first-order valence-corrected chi connectivity index (χ1v) is 11.5. The third-order valence-corrected chi connectivity index (χ3v) is 6.15. The van der Waals surface area contributed by atoms with E-state index in [4.69, 9.17) is 15.7 Å². The molecule has 6 heteroatoms. The number of imidazole rings is 1. The van der Waals surface area contributed by atoms with E-state index >= 15 is 0 Å². The van der Waals surface area contributed by atoms with Crippen LogP contribution in [0.2, 0.25) is 0 Å². The Kier molecular flexibility index (Phi) is 5.36. The second-order valence-electron chi connectivity index (χ2n) is 9.39. The molecule has 3 N–H and O–H groups in total. The molecule has 0 bridgehead atoms. The van der Waals surface area contributed by atoms with E-state index < -0.39 is 0 Å². The van der Waals surface area contributed by atoms with Gasteiger partial charge in [0.25, 0.3) is 0 Å². The number of hydrogen-bond donors (Lipinski definition) is 2. The molecule has 2 aromatic carbocycles. The molecule has 168 valence electrons. The Morgan fingerprint density at radius 3 is 2.55 bits per heavy atom. The Hall–Kier alpha value is -3.67. The number of anilines is 1. The number of primary amides is 1. The van der Waals surface area contributed by atoms with Crippen molar-refractivity contribution in [3.05, 3.63) is 71.5 Å². The minimum absolute atomic E-state index is 0.368. The van der Waals surface area contributed by atoms with Crippen molar-refractivity contribution in [2.75, 3.05) is 11.9 Å². The molecule has 1 amide bonds. The van der Waals surface area contributed by atoms with Gasteiger partial charge in [-0.2, -0.15) is 0 Å². The highest BCUT2D eigenvalue weighted by molar-refractivity contribution is 5.95. The molecule has 0 aliphatic heterocycles. The van der Waals surface area contributed by atoms with Crippen LogP contribution in [0.1, 0.15) is 54.1 Å². The van der Waals surface area contributed by atoms with Gasteiger partial charge in [-0.25, -0.2) is 9.97 Å². The van der Waals surface area contributed by atoms with Gasteiger partial charge in [-0.1, -0.05) is 49.7 Å². The van der Waals surface area contributed by atoms with Crippen LogP contribution >= 0.6 is 0 Å². The lowest BCUT2D eigenvalue weighted by Crippen LogP contribution is -2.13. The highest BCUT2D eigenvalue weighted by Crippen LogP contribution is 2.43. The SMILES string of the molecule is Cc1ccc(-c2cn3c(-c4ccc(C(N)=O)c(C5CC5)c4)cnc3c(NCC(C)C)n2)cc1. The number of hydrogen-bond acceptors (Lipinski definition) is 4. The van der Waals surface area contributed by atoms with Gasteiger partial charge in [-0.15, -0.1) is 0 Å². The standard InChI is InChI=1S/C27H29N5O/c1-16(2)13-29-26-27-30-14-24(20-10-11-21(25(28)33)22(12-20)18-8-9-18)32(27)15-23(31-26)19-6-4-17(3)5-7-19/h4-7,10-12,14-16,18H,8-9,13H2,1-3H3,(H2,28,33)(H,29,31). The zero-order valence-corrected chi connectivity index (χ0v) is 19.3. The molecule has 2 heterocycles. The summed E-state index contributed by atoms with van der Waals surface area (Å²) < 4.78 is 2.10. The smallest absolute Gasteiger partial charge is 0.248 e. The number of nitrogens with one attached hydrogen (secondary N) is 1. The minimum Gasteiger partial charge on any atom is -0.367 e. The van der Waals surface area contributed by atoms with Crippen molar-refractivity contribution >= 4 is 17.4 Å². The summed E-state index contributed by atoms with van der Waals surface area (Å²) in [5.41, 5.74) is 13.2. The molecule has 0 radical (unpaired) electrons. The summed E-state index contributed by atoms with van der Waals surface area (Å²) >= 11 is 0. The van der Waals surface area contributed by atoms with Gasteiger partial charge in [0.05, 0.1) is 17.6 Å². The van der Waals surface area contributed by atoms with Gasteiger partial charge in [0.2, 0.25) is 5.91 Å². The Morgan fingerprint density at radius 2 is 1.88 bits per heavy atom. The Labute approximate surface area is 193 Å². The summed E-state index contributed by atoms with van der Waals surface area (Å²) in [5.74, 6) is 1.29. The van der Waals surface area contributed by atoms with Gasteiger partial charge in [-0.3, -0.25) is 9.20 Å². The molecule has 1 aliphatic carbocycles. The summed E-state index contributed by atoms with van der Waals surface area (Å²) in [6.45, 7) is 7.23. The van der Waals surface area contributed by atoms with Crippen molar-refractivity contribution in [2.24, 2.45) is 11.7 Å². The largest absolute Gasteiger partial charge is 0.367 e. The maximum atomic E-state index is 11.9. The molecule has 0 saturated heterocycles. The molecule has 2 aromatic heterocycles. The molecule has 0 atom stereocenters. The predicted octanol–water partition coefficient (Wildman–Crippen LogP) is 5.42. The van der Waals surface area contributed by atoms with Gasteiger partial charge < -0.3 is 11.1 Å². The van der Waals surface area contributed by atoms with Crippen LogP contribution in [0.3, 0.4) is 0 Å². The van der Waals surface area contributed by atoms with Crippen molar-refractivity contribution in [3.63, 3.8) is 0 Å². The summed E-state index contributed by atoms with van der Waals surface area (Å²) in [6, 6.07) is 14.3. The molecule has 1 aliphatic rings. The molecule has 1 saturated carbocycles. The quantitative estimate of drug-likeness (QED) is 0.403. The van der Waals surface area contributed by atoms with Crippen LogP contribution in [0, 0.1) is 12.8 Å². The first-order valence-electron chi connectivity index (χ1n) is 11.5. The molecule has 6 nitrogen and oxygen atoms in total. The van der Waals surface area contributed by atoms with Crippen LogP contribution in [0.25, 0.3) is 28.2 Å². The molecular weight excluding hydrogens is 410 g/mol. The number of carbonyl (C=O) groups excluding carboxylic acids is 1. The Bertz CT molecular complexity index is 1330. The fraction of sp³-hybridized carbons (Fsp3) is 0.296. The van der Waals surface area contributed by atoms with Crippen molar-refractivity contribution in [2.45, 2.75) is 39.5 Å². The van der Waals surface area contributed by atoms with Crippen molar-refractivity contribution in [1.82, 2.24) is 14.4 Å². The first-order chi connectivity index (χ1) is 15.9. The fourth-order valence-electron chi connectivity index (χ4n) is 4.16. The second-order valence-corrected chi connectivity index (χ2v) is 9.39. The molecule has 0 unspecified atom stereocenters. The number of aromatic nitrogens is 3. The average Bonchev–Trinajstić information content (AvgIpc) is 3.56. The van der Waals surface area contributed by atoms with Crippen LogP contribution in [-0.2, 0) is 0 Å². The van der Waals surface area contributed by atoms with E-state index in [9.17, 15) is 4.79 Å². The Balaban J connectivity index is 1.66. The molecule has 0 spiro atoms. The van der Waals surface area contributed by atoms with E-state index in [0.29, 0.717) is 17.4 Å². The van der Waals surface area contributed by atoms with E-state index in [1.165, 1.54) is 5.56 Å². The number of fused-ring (bicyclic) bond motifs is 1. The van der Waals surface area contributed by atoms with Gasteiger partial charge in [0.15, 0.2) is 11.5 Å². The normalized spacial score (nSPS) is 13.6. The third-order valence-electron chi connectivity index (χ3n) is 6.15. The summed E-state index contributed by atoms with van der Waals surface area (Å²) in [5, 5.41) is 3.48. The number of aryl methyl sites for hydroxylation is 1. The first kappa shape index (κ1) is 21.2. The van der Waals surface area contributed by atoms with Crippen molar-refractivity contribution in [1.29, 1.82) is 0 Å². The second kappa shape index (κ2) is 8.35. The zero-order chi connectivity index (χ0) is 23.1. The third kappa shape index (κ3) is 4.21.